The number of aliphatic hydroxyl groups excluding tert-OH is 2. The number of hydroxylamine groups is 2. The summed E-state index contributed by atoms with van der Waals surface area (Å²) in [7, 11) is -8.16. The van der Waals surface area contributed by atoms with Gasteiger partial charge in [-0.05, 0) is 113 Å². The molecule has 2 aromatic heterocycles. The first-order valence-electron chi connectivity index (χ1n) is 31.2. The van der Waals surface area contributed by atoms with Crippen molar-refractivity contribution >= 4 is 89.8 Å². The first kappa shape index (κ1) is 79.6. The van der Waals surface area contributed by atoms with E-state index in [4.69, 9.17) is 32.0 Å². The Morgan fingerprint density at radius 1 is 0.510 bits per heavy atom. The molecule has 0 aliphatic rings. The number of carboxylic acids is 1. The molecule has 8 aromatic rings. The van der Waals surface area contributed by atoms with Gasteiger partial charge in [0.25, 0.3) is 31.9 Å². The van der Waals surface area contributed by atoms with Gasteiger partial charge in [0, 0.05) is 16.8 Å². The number of fused-ring (bicyclic) bond motifs is 2. The number of nitrogens with one attached hydrogen (secondary N) is 3. The van der Waals surface area contributed by atoms with Crippen molar-refractivity contribution in [2.24, 2.45) is 17.2 Å². The molecular weight excluding hydrogens is 1320 g/mol. The standard InChI is InChI=1S/C35H41N5O7S.C21H30N2O4S.C14H13N3O4.ClH/c1-4-24(3)47-40(48(45,46)27-17-14-23(2)15-18-27)22-32(41)30(20-25-10-6-5-7-11-25)38-35(44)31(21-33(36)42)39-34(43)29-19-16-26-12-8-9-13-28(26)37-29;1-4-17(3)27-23(28(25,26)19-12-10-16(2)11-13-19)15-21(24)20(22)14-18-8-6-5-7-9-18;15-12(18)7-11(14(20)21)17-13(19)10-6-5-8-3-1-2-4-9(8)16-10;/h5-19,24,30-32,41H,4,20-22H2,1-3H3,(H2,36,42)(H,38,44)(H,39,43);5-13,17,20-21,24H,4,14-15,22H2,1-3H3;1-6,11H,7H2,(H2,15,18)(H,17,19)(H,20,21);1H/t24?,30-,31-,32+;17?,20-,21+;11-;/m000./s1. The Balaban J connectivity index is 0.000000292. The molecule has 28 heteroatoms. The van der Waals surface area contributed by atoms with Crippen LogP contribution in [0, 0.1) is 13.8 Å². The highest BCUT2D eigenvalue weighted by Gasteiger charge is 2.36. The largest absolute Gasteiger partial charge is 0.480 e. The van der Waals surface area contributed by atoms with Gasteiger partial charge in [0.1, 0.15) is 23.5 Å². The van der Waals surface area contributed by atoms with Crippen molar-refractivity contribution in [3.63, 3.8) is 0 Å². The maximum absolute atomic E-state index is 13.7. The maximum atomic E-state index is 13.7. The highest BCUT2D eigenvalue weighted by molar-refractivity contribution is 7.89. The van der Waals surface area contributed by atoms with Crippen LogP contribution in [0.25, 0.3) is 21.8 Å². The number of amides is 5. The first-order chi connectivity index (χ1) is 46.1. The number of carbonyl (C=O) groups excluding carboxylic acids is 5. The van der Waals surface area contributed by atoms with Crippen LogP contribution < -0.4 is 33.2 Å². The van der Waals surface area contributed by atoms with Crippen molar-refractivity contribution in [2.45, 2.75) is 138 Å². The van der Waals surface area contributed by atoms with Gasteiger partial charge in [0.2, 0.25) is 17.7 Å². The molecule has 0 radical (unpaired) electrons. The SMILES string of the molecule is CCC(C)ON(C[C@@H](O)[C@@H](N)Cc1ccccc1)S(=O)(=O)c1ccc(C)cc1.CCC(C)ON(C[C@@H](O)[C@H](Cc1ccccc1)NC(=O)[C@H](CC(N)=O)NC(=O)c1ccc2ccccc2n1)S(=O)(=O)c1ccc(C)cc1.Cl.NC(=O)C[C@H](NC(=O)c1ccc2ccccc2n1)C(=O)O. The second kappa shape index (κ2) is 38.1. The quantitative estimate of drug-likeness (QED) is 0.0213. The Bertz CT molecular complexity index is 4170. The van der Waals surface area contributed by atoms with Gasteiger partial charge in [-0.1, -0.05) is 167 Å². The van der Waals surface area contributed by atoms with Gasteiger partial charge in [-0.2, -0.15) is 0 Å². The summed E-state index contributed by atoms with van der Waals surface area (Å²) in [6.45, 7) is 10.2. The number of nitrogens with two attached hydrogens (primary N) is 3. The molecule has 0 saturated carbocycles. The van der Waals surface area contributed by atoms with Crippen LogP contribution in [0.2, 0.25) is 0 Å². The predicted octanol–water partition coefficient (Wildman–Crippen LogP) is 6.39. The number of hydrogen-bond donors (Lipinski definition) is 9. The lowest BCUT2D eigenvalue weighted by Crippen LogP contribution is -2.56. The van der Waals surface area contributed by atoms with Gasteiger partial charge in [-0.15, -0.1) is 12.4 Å². The van der Waals surface area contributed by atoms with Crippen molar-refractivity contribution in [2.75, 3.05) is 13.1 Å². The molecule has 6 aromatic carbocycles. The van der Waals surface area contributed by atoms with Gasteiger partial charge in [-0.25, -0.2) is 31.6 Å². The number of aliphatic hydroxyl groups is 2. The van der Waals surface area contributed by atoms with E-state index >= 15 is 0 Å². The molecule has 12 N–H and O–H groups in total. The molecule has 2 unspecified atom stereocenters. The van der Waals surface area contributed by atoms with Crippen molar-refractivity contribution in [1.29, 1.82) is 0 Å². The molecule has 0 bridgehead atoms. The van der Waals surface area contributed by atoms with E-state index in [9.17, 15) is 55.8 Å². The van der Waals surface area contributed by atoms with E-state index in [1.54, 1.807) is 98.8 Å². The van der Waals surface area contributed by atoms with Gasteiger partial charge in [0.15, 0.2) is 0 Å². The third-order valence-electron chi connectivity index (χ3n) is 15.2. The zero-order valence-electron chi connectivity index (χ0n) is 55.1. The number of nitrogens with zero attached hydrogens (tertiary/aromatic N) is 4. The first-order valence-corrected chi connectivity index (χ1v) is 34.1. The number of pyridine rings is 2. The van der Waals surface area contributed by atoms with E-state index in [2.05, 4.69) is 25.9 Å². The molecule has 5 amide bonds. The number of carboxylic acid groups (broad SMARTS) is 1. The number of para-hydroxylation sites is 2. The lowest BCUT2D eigenvalue weighted by molar-refractivity contribution is -0.144. The van der Waals surface area contributed by atoms with Crippen molar-refractivity contribution < 1.29 is 70.6 Å². The Morgan fingerprint density at radius 3 is 1.30 bits per heavy atom. The average molecular weight is 1410 g/mol. The topological polar surface area (TPSA) is 396 Å². The monoisotopic (exact) mass is 1400 g/mol. The second-order valence-corrected chi connectivity index (χ2v) is 26.7. The van der Waals surface area contributed by atoms with Crippen molar-refractivity contribution in [3.05, 3.63) is 216 Å². The third kappa shape index (κ3) is 24.1. The molecule has 0 saturated heterocycles. The van der Waals surface area contributed by atoms with Gasteiger partial charge in [0.05, 0.1) is 77.2 Å². The molecule has 98 heavy (non-hydrogen) atoms. The van der Waals surface area contributed by atoms with E-state index in [1.807, 2.05) is 88.4 Å². The summed E-state index contributed by atoms with van der Waals surface area (Å²) in [5, 5.41) is 40.2. The summed E-state index contributed by atoms with van der Waals surface area (Å²) in [5.74, 6) is -5.18. The third-order valence-corrected chi connectivity index (χ3v) is 18.5. The minimum atomic E-state index is -4.23. The molecule has 25 nitrogen and oxygen atoms in total. The number of halogens is 1. The van der Waals surface area contributed by atoms with E-state index in [-0.39, 0.29) is 52.7 Å². The highest BCUT2D eigenvalue weighted by atomic mass is 35.5. The van der Waals surface area contributed by atoms with Gasteiger partial charge in [-0.3, -0.25) is 33.6 Å². The smallest absolute Gasteiger partial charge is 0.326 e. The van der Waals surface area contributed by atoms with Crippen LogP contribution in [0.3, 0.4) is 0 Å². The molecule has 0 spiro atoms. The average Bonchev–Trinajstić information content (AvgIpc) is 0.820. The number of aromatic nitrogens is 2. The second-order valence-electron chi connectivity index (χ2n) is 23.1. The molecule has 0 aliphatic carbocycles. The van der Waals surface area contributed by atoms with Crippen LogP contribution in [0.1, 0.15) is 96.6 Å². The van der Waals surface area contributed by atoms with Crippen molar-refractivity contribution in [1.82, 2.24) is 34.9 Å². The molecule has 0 aliphatic heterocycles. The van der Waals surface area contributed by atoms with Gasteiger partial charge >= 0.3 is 5.97 Å². The van der Waals surface area contributed by atoms with E-state index < -0.39 is 117 Å². The Labute approximate surface area is 576 Å². The maximum Gasteiger partial charge on any atom is 0.326 e. The molecule has 0 fully saturated rings. The molecule has 2 heterocycles. The van der Waals surface area contributed by atoms with Crippen LogP contribution in [0.4, 0.5) is 0 Å². The highest BCUT2D eigenvalue weighted by Crippen LogP contribution is 2.23. The number of carbonyl (C=O) groups is 6. The van der Waals surface area contributed by atoms with Crippen molar-refractivity contribution in [3.8, 4) is 0 Å². The fourth-order valence-electron chi connectivity index (χ4n) is 9.29. The Hall–Kier alpha value is -9.13. The summed E-state index contributed by atoms with van der Waals surface area (Å²) >= 11 is 0. The minimum absolute atomic E-state index is 0. The molecule has 8 rings (SSSR count). The van der Waals surface area contributed by atoms with E-state index in [0.29, 0.717) is 30.3 Å². The number of benzene rings is 6. The minimum Gasteiger partial charge on any atom is -0.480 e. The van der Waals surface area contributed by atoms with Crippen LogP contribution >= 0.6 is 12.4 Å². The van der Waals surface area contributed by atoms with Crippen LogP contribution in [-0.2, 0) is 61.7 Å². The summed E-state index contributed by atoms with van der Waals surface area (Å²) in [6.07, 6.45) is -2.79. The van der Waals surface area contributed by atoms with Crippen LogP contribution in [0.15, 0.2) is 192 Å². The zero-order valence-corrected chi connectivity index (χ0v) is 57.5. The van der Waals surface area contributed by atoms with Gasteiger partial charge < -0.3 is 48.5 Å². The summed E-state index contributed by atoms with van der Waals surface area (Å²) in [6, 6.07) is 47.6. The van der Waals surface area contributed by atoms with E-state index in [1.165, 1.54) is 36.4 Å². The van der Waals surface area contributed by atoms with Crippen LogP contribution in [0.5, 0.6) is 0 Å². The lowest BCUT2D eigenvalue weighted by atomic mass is 10.00. The predicted molar refractivity (Wildman–Crippen MR) is 373 cm³/mol. The fraction of sp³-hybridized carbons (Fsp3) is 0.314. The molecule has 8 atom stereocenters. The number of aryl methyl sites for hydroxylation is 2. The summed E-state index contributed by atoms with van der Waals surface area (Å²) in [4.78, 5) is 92.7. The Kier molecular flexibility index (Phi) is 31.0. The Morgan fingerprint density at radius 2 is 0.888 bits per heavy atom. The number of hydrogen-bond acceptors (Lipinski definition) is 17. The number of primary amides is 2. The normalized spacial score (nSPS) is 13.9. The van der Waals surface area contributed by atoms with E-state index in [0.717, 1.165) is 42.0 Å². The number of aliphatic carboxylic acids is 1. The molecular formula is C70H85ClN10O15S2. The van der Waals surface area contributed by atoms with Crippen LogP contribution in [-0.4, -0.2) is 148 Å². The summed E-state index contributed by atoms with van der Waals surface area (Å²) < 4.78 is 55.1. The number of sulfonamides is 2. The lowest BCUT2D eigenvalue weighted by Gasteiger charge is -2.31. The fourth-order valence-corrected chi connectivity index (χ4v) is 11.9. The zero-order chi connectivity index (χ0) is 71.0. The number of rotatable bonds is 31. The molecule has 524 valence electrons. The summed E-state index contributed by atoms with van der Waals surface area (Å²) in [5.41, 5.74) is 21.3.